The van der Waals surface area contributed by atoms with Crippen LogP contribution in [0.3, 0.4) is 0 Å². The molecule has 4 unspecified atom stereocenters. The molecular weight excluding hydrogens is 572 g/mol. The summed E-state index contributed by atoms with van der Waals surface area (Å²) in [5, 5.41) is 7.76. The number of methoxy groups -OCH3 is 3. The molecule has 1 saturated carbocycles. The number of rotatable bonds is 10. The van der Waals surface area contributed by atoms with E-state index in [0.29, 0.717) is 23.0 Å². The Balaban J connectivity index is 1.58. The molecule has 3 aromatic rings. The lowest BCUT2D eigenvalue weighted by atomic mass is 9.81. The number of hydrogen-bond donors (Lipinski definition) is 3. The number of hydrogen-bond acceptors (Lipinski definition) is 11. The van der Waals surface area contributed by atoms with Crippen molar-refractivity contribution in [1.29, 1.82) is 0 Å². The molecule has 6 atom stereocenters. The molecule has 3 N–H and O–H groups in total. The molecular formula is C26H35ClN8O5S. The van der Waals surface area contributed by atoms with Crippen LogP contribution in [0.2, 0.25) is 0 Å². The van der Waals surface area contributed by atoms with Crippen molar-refractivity contribution in [2.45, 2.75) is 61.9 Å². The monoisotopic (exact) mass is 606 g/mol. The maximum Gasteiger partial charge on any atom is 0.243 e. The molecule has 1 saturated heterocycles. The molecule has 0 spiro atoms. The van der Waals surface area contributed by atoms with Gasteiger partial charge < -0.3 is 14.2 Å². The van der Waals surface area contributed by atoms with Gasteiger partial charge in [0.05, 0.1) is 20.3 Å². The van der Waals surface area contributed by atoms with Gasteiger partial charge in [-0.25, -0.2) is 23.8 Å². The lowest BCUT2D eigenvalue weighted by Crippen LogP contribution is -2.35. The van der Waals surface area contributed by atoms with Gasteiger partial charge in [-0.1, -0.05) is 6.07 Å². The Hall–Kier alpha value is -3.04. The summed E-state index contributed by atoms with van der Waals surface area (Å²) in [6, 6.07) is 5.18. The number of anilines is 1. The van der Waals surface area contributed by atoms with E-state index in [9.17, 15) is 8.42 Å². The first-order valence-electron chi connectivity index (χ1n) is 13.3. The SMILES string of the molecule is COc1cccc(OC)c1-n1c(NS(=O)(=O)[C@@H](C)[C@H](OC)c2ncc(C)cn2)nnc1C1NNC2CCC(Cl)CC21. The number of para-hydroxylation sites is 1. The molecule has 2 aromatic heterocycles. The molecule has 1 aliphatic carbocycles. The third-order valence-electron chi connectivity index (χ3n) is 7.74. The van der Waals surface area contributed by atoms with E-state index in [1.807, 2.05) is 6.92 Å². The van der Waals surface area contributed by atoms with Crippen molar-refractivity contribution in [3.8, 4) is 17.2 Å². The maximum absolute atomic E-state index is 13.8. The van der Waals surface area contributed by atoms with Crippen molar-refractivity contribution in [3.63, 3.8) is 0 Å². The fourth-order valence-electron chi connectivity index (χ4n) is 5.54. The minimum absolute atomic E-state index is 0.0298. The highest BCUT2D eigenvalue weighted by atomic mass is 35.5. The summed E-state index contributed by atoms with van der Waals surface area (Å²) in [6.07, 6.45) is 4.87. The Morgan fingerprint density at radius 2 is 1.76 bits per heavy atom. The first-order valence-corrected chi connectivity index (χ1v) is 15.3. The van der Waals surface area contributed by atoms with Crippen LogP contribution in [0.15, 0.2) is 30.6 Å². The Labute approximate surface area is 244 Å². The van der Waals surface area contributed by atoms with Crippen LogP contribution in [0.1, 0.15) is 55.5 Å². The highest BCUT2D eigenvalue weighted by molar-refractivity contribution is 7.93. The third-order valence-corrected chi connectivity index (χ3v) is 9.83. The molecule has 1 aromatic carbocycles. The summed E-state index contributed by atoms with van der Waals surface area (Å²) in [5.74, 6) is 1.71. The second kappa shape index (κ2) is 12.1. The van der Waals surface area contributed by atoms with E-state index in [2.05, 4.69) is 35.7 Å². The zero-order valence-corrected chi connectivity index (χ0v) is 25.1. The molecule has 0 amide bonds. The highest BCUT2D eigenvalue weighted by Gasteiger charge is 2.44. The molecule has 0 radical (unpaired) electrons. The second-order valence-electron chi connectivity index (χ2n) is 10.3. The number of alkyl halides is 1. The van der Waals surface area contributed by atoms with Gasteiger partial charge in [0.1, 0.15) is 28.5 Å². The van der Waals surface area contributed by atoms with Gasteiger partial charge in [0.2, 0.25) is 16.0 Å². The largest absolute Gasteiger partial charge is 0.494 e. The fourth-order valence-corrected chi connectivity index (χ4v) is 7.00. The number of aromatic nitrogens is 5. The zero-order chi connectivity index (χ0) is 29.3. The van der Waals surface area contributed by atoms with Crippen LogP contribution in [-0.4, -0.2) is 71.1 Å². The summed E-state index contributed by atoms with van der Waals surface area (Å²) >= 11 is 6.57. The highest BCUT2D eigenvalue weighted by Crippen LogP contribution is 2.43. The number of sulfonamides is 1. The molecule has 222 valence electrons. The molecule has 41 heavy (non-hydrogen) atoms. The van der Waals surface area contributed by atoms with E-state index in [1.54, 1.807) is 35.2 Å². The average Bonchev–Trinajstić information content (AvgIpc) is 3.56. The number of ether oxygens (including phenoxy) is 3. The van der Waals surface area contributed by atoms with E-state index in [0.717, 1.165) is 24.8 Å². The number of hydrazine groups is 1. The summed E-state index contributed by atoms with van der Waals surface area (Å²) < 4.78 is 48.8. The van der Waals surface area contributed by atoms with E-state index < -0.39 is 21.4 Å². The van der Waals surface area contributed by atoms with Crippen LogP contribution >= 0.6 is 11.6 Å². The number of fused-ring (bicyclic) bond motifs is 1. The van der Waals surface area contributed by atoms with Crippen molar-refractivity contribution >= 4 is 27.6 Å². The maximum atomic E-state index is 13.8. The first kappa shape index (κ1) is 29.5. The quantitative estimate of drug-likeness (QED) is 0.292. The molecule has 0 bridgehead atoms. The Bertz CT molecular complexity index is 1450. The third kappa shape index (κ3) is 5.71. The number of benzene rings is 1. The normalized spacial score (nSPS) is 24.0. The second-order valence-corrected chi connectivity index (χ2v) is 13.0. The number of aryl methyl sites for hydroxylation is 1. The van der Waals surface area contributed by atoms with Gasteiger partial charge in [0.15, 0.2) is 11.6 Å². The summed E-state index contributed by atoms with van der Waals surface area (Å²) in [5.41, 5.74) is 8.01. The van der Waals surface area contributed by atoms with E-state index in [4.69, 9.17) is 25.8 Å². The minimum Gasteiger partial charge on any atom is -0.494 e. The smallest absolute Gasteiger partial charge is 0.243 e. The van der Waals surface area contributed by atoms with Crippen LogP contribution in [0, 0.1) is 12.8 Å². The number of halogens is 1. The predicted molar refractivity (Wildman–Crippen MR) is 153 cm³/mol. The van der Waals surface area contributed by atoms with Crippen LogP contribution in [0.4, 0.5) is 5.95 Å². The molecule has 2 aliphatic rings. The lowest BCUT2D eigenvalue weighted by Gasteiger charge is -2.30. The summed E-state index contributed by atoms with van der Waals surface area (Å²) in [4.78, 5) is 8.56. The van der Waals surface area contributed by atoms with Gasteiger partial charge >= 0.3 is 0 Å². The number of nitrogens with one attached hydrogen (secondary N) is 3. The number of nitrogens with zero attached hydrogens (tertiary/aromatic N) is 5. The van der Waals surface area contributed by atoms with Gasteiger partial charge in [-0.2, -0.15) is 0 Å². The van der Waals surface area contributed by atoms with E-state index in [-0.39, 0.29) is 35.2 Å². The fraction of sp³-hybridized carbons (Fsp3) is 0.538. The van der Waals surface area contributed by atoms with Gasteiger partial charge in [-0.3, -0.25) is 14.7 Å². The van der Waals surface area contributed by atoms with Gasteiger partial charge in [0, 0.05) is 36.8 Å². The minimum atomic E-state index is -4.11. The predicted octanol–water partition coefficient (Wildman–Crippen LogP) is 2.83. The van der Waals surface area contributed by atoms with Crippen LogP contribution in [0.25, 0.3) is 5.69 Å². The molecule has 15 heteroatoms. The first-order chi connectivity index (χ1) is 19.7. The van der Waals surface area contributed by atoms with Crippen molar-refractivity contribution in [2.24, 2.45) is 5.92 Å². The summed E-state index contributed by atoms with van der Waals surface area (Å²) in [7, 11) is 0.371. The van der Waals surface area contributed by atoms with Crippen molar-refractivity contribution in [1.82, 2.24) is 35.6 Å². The molecule has 1 aliphatic heterocycles. The molecule has 5 rings (SSSR count). The van der Waals surface area contributed by atoms with E-state index in [1.165, 1.54) is 28.3 Å². The average molecular weight is 607 g/mol. The molecule has 3 heterocycles. The van der Waals surface area contributed by atoms with E-state index >= 15 is 0 Å². The van der Waals surface area contributed by atoms with Crippen molar-refractivity contribution in [2.75, 3.05) is 26.1 Å². The van der Waals surface area contributed by atoms with Gasteiger partial charge in [0.25, 0.3) is 0 Å². The Morgan fingerprint density at radius 3 is 2.39 bits per heavy atom. The standard InChI is InChI=1S/C26H35ClN8O5S/c1-14-12-28-24(29-13-14)23(40-5)15(2)41(36,37)34-26-33-32-25(21-17-11-16(27)9-10-18(17)30-31-21)35(26)22-19(38-3)7-6-8-20(22)39-4/h6-8,12-13,15-18,21,23,30-31H,9-11H2,1-5H3,(H,33,34)/t15-,16?,17?,18?,21?,23-/m0/s1. The van der Waals surface area contributed by atoms with Crippen LogP contribution in [-0.2, 0) is 14.8 Å². The van der Waals surface area contributed by atoms with Crippen molar-refractivity contribution < 1.29 is 22.6 Å². The van der Waals surface area contributed by atoms with Gasteiger partial charge in [-0.05, 0) is 50.8 Å². The Morgan fingerprint density at radius 1 is 1.07 bits per heavy atom. The zero-order valence-electron chi connectivity index (χ0n) is 23.5. The summed E-state index contributed by atoms with van der Waals surface area (Å²) in [6.45, 7) is 3.38. The van der Waals surface area contributed by atoms with Gasteiger partial charge in [-0.15, -0.1) is 21.8 Å². The molecule has 13 nitrogen and oxygen atoms in total. The Kier molecular flexibility index (Phi) is 8.66. The van der Waals surface area contributed by atoms with Crippen molar-refractivity contribution in [3.05, 3.63) is 47.8 Å². The lowest BCUT2D eigenvalue weighted by molar-refractivity contribution is 0.0949. The molecule has 2 fully saturated rings. The van der Waals surface area contributed by atoms with Crippen LogP contribution in [0.5, 0.6) is 11.5 Å². The van der Waals surface area contributed by atoms with Crippen LogP contribution < -0.4 is 25.0 Å². The topological polar surface area (TPSA) is 154 Å².